The Bertz CT molecular complexity index is 1140. The van der Waals surface area contributed by atoms with Crippen molar-refractivity contribution in [2.24, 2.45) is 5.92 Å². The first-order valence-electron chi connectivity index (χ1n) is 10.7. The number of aromatic nitrogens is 2. The van der Waals surface area contributed by atoms with Crippen LogP contribution in [0.15, 0.2) is 65.6 Å². The number of hydrogen-bond donors (Lipinski definition) is 2. The highest BCUT2D eigenvalue weighted by Gasteiger charge is 2.46. The summed E-state index contributed by atoms with van der Waals surface area (Å²) in [4.78, 5) is 16.2. The first-order valence-corrected chi connectivity index (χ1v) is 11.5. The van der Waals surface area contributed by atoms with Crippen LogP contribution in [0.3, 0.4) is 0 Å². The van der Waals surface area contributed by atoms with Gasteiger partial charge in [-0.05, 0) is 41.5 Å². The highest BCUT2D eigenvalue weighted by molar-refractivity contribution is 6.30. The minimum atomic E-state index is -0.787. The Morgan fingerprint density at radius 3 is 2.21 bits per heavy atom. The minimum Gasteiger partial charge on any atom is -0.396 e. The molecular weight excluding hydrogens is 481 g/mol. The first kappa shape index (κ1) is 24.7. The number of hydrogen-bond acceptors (Lipinski definition) is 7. The lowest BCUT2D eigenvalue weighted by Crippen LogP contribution is -2.36. The van der Waals surface area contributed by atoms with E-state index in [-0.39, 0.29) is 25.6 Å². The van der Waals surface area contributed by atoms with Crippen LogP contribution in [0.2, 0.25) is 10.0 Å². The fourth-order valence-electron chi connectivity index (χ4n) is 3.89. The molecule has 4 rings (SSSR count). The number of aliphatic hydroxyl groups is 1. The number of aliphatic hydroxyl groups excluding tert-OH is 1. The lowest BCUT2D eigenvalue weighted by Gasteiger charge is -2.23. The molecule has 180 valence electrons. The second kappa shape index (κ2) is 11.3. The summed E-state index contributed by atoms with van der Waals surface area (Å²) < 4.78 is 19.6. The smallest absolute Gasteiger partial charge is 0.351 e. The molecule has 34 heavy (non-hydrogen) atoms. The van der Waals surface area contributed by atoms with Crippen LogP contribution < -0.4 is 11.4 Å². The average molecular weight is 506 g/mol. The van der Waals surface area contributed by atoms with Gasteiger partial charge in [0.15, 0.2) is 0 Å². The number of anilines is 1. The van der Waals surface area contributed by atoms with Gasteiger partial charge in [0.2, 0.25) is 0 Å². The van der Waals surface area contributed by atoms with Gasteiger partial charge in [0.05, 0.1) is 38.4 Å². The van der Waals surface area contributed by atoms with Crippen LogP contribution in [-0.2, 0) is 27.4 Å². The molecule has 3 aromatic rings. The molecule has 0 amide bonds. The molecule has 1 aliphatic heterocycles. The van der Waals surface area contributed by atoms with Crippen LogP contribution in [0.4, 0.5) is 5.82 Å². The van der Waals surface area contributed by atoms with E-state index in [0.717, 1.165) is 11.1 Å². The van der Waals surface area contributed by atoms with Crippen molar-refractivity contribution in [1.29, 1.82) is 0 Å². The van der Waals surface area contributed by atoms with Gasteiger partial charge in [-0.2, -0.15) is 4.98 Å². The van der Waals surface area contributed by atoms with Crippen LogP contribution >= 0.6 is 23.2 Å². The first-order chi connectivity index (χ1) is 16.4. The van der Waals surface area contributed by atoms with E-state index >= 15 is 0 Å². The molecule has 0 saturated carbocycles. The van der Waals surface area contributed by atoms with Crippen LogP contribution in [0.1, 0.15) is 17.4 Å². The summed E-state index contributed by atoms with van der Waals surface area (Å²) in [6, 6.07) is 16.1. The number of ether oxygens (including phenoxy) is 3. The number of nitrogens with zero attached hydrogens (tertiary/aromatic N) is 2. The maximum Gasteiger partial charge on any atom is 0.351 e. The second-order valence-corrected chi connectivity index (χ2v) is 8.87. The summed E-state index contributed by atoms with van der Waals surface area (Å²) >= 11 is 11.9. The molecule has 0 unspecified atom stereocenters. The third-order valence-corrected chi connectivity index (χ3v) is 6.13. The van der Waals surface area contributed by atoms with E-state index in [1.165, 1.54) is 16.8 Å². The lowest BCUT2D eigenvalue weighted by atomic mass is 10.00. The summed E-state index contributed by atoms with van der Waals surface area (Å²) in [6.07, 6.45) is -0.359. The molecule has 2 aromatic carbocycles. The molecule has 4 atom stereocenters. The summed E-state index contributed by atoms with van der Waals surface area (Å²) in [5, 5.41) is 11.5. The molecule has 8 nitrogen and oxygen atoms in total. The Morgan fingerprint density at radius 2 is 1.62 bits per heavy atom. The largest absolute Gasteiger partial charge is 0.396 e. The Kier molecular flexibility index (Phi) is 8.20. The highest BCUT2D eigenvalue weighted by Crippen LogP contribution is 2.36. The Morgan fingerprint density at radius 1 is 1.00 bits per heavy atom. The van der Waals surface area contributed by atoms with E-state index < -0.39 is 30.0 Å². The number of benzene rings is 2. The van der Waals surface area contributed by atoms with Crippen molar-refractivity contribution in [3.8, 4) is 0 Å². The van der Waals surface area contributed by atoms with Crippen LogP contribution in [-0.4, -0.2) is 40.1 Å². The summed E-state index contributed by atoms with van der Waals surface area (Å²) in [5.41, 5.74) is 6.92. The van der Waals surface area contributed by atoms with E-state index in [1.54, 1.807) is 24.3 Å². The van der Waals surface area contributed by atoms with Crippen molar-refractivity contribution in [3.63, 3.8) is 0 Å². The van der Waals surface area contributed by atoms with Crippen molar-refractivity contribution in [3.05, 3.63) is 92.5 Å². The molecule has 10 heteroatoms. The molecule has 1 fully saturated rings. The normalized spacial score (nSPS) is 22.2. The van der Waals surface area contributed by atoms with Crippen LogP contribution in [0.5, 0.6) is 0 Å². The van der Waals surface area contributed by atoms with Crippen molar-refractivity contribution in [2.45, 2.75) is 31.6 Å². The maximum absolute atomic E-state index is 12.5. The maximum atomic E-state index is 12.5. The molecule has 0 radical (unpaired) electrons. The van der Waals surface area contributed by atoms with E-state index in [4.69, 9.17) is 43.1 Å². The molecule has 1 aliphatic rings. The molecule has 1 aromatic heterocycles. The molecule has 0 bridgehead atoms. The predicted molar refractivity (Wildman–Crippen MR) is 129 cm³/mol. The molecular formula is C24H25Cl2N3O5. The predicted octanol–water partition coefficient (Wildman–Crippen LogP) is 3.44. The minimum absolute atomic E-state index is 0.109. The summed E-state index contributed by atoms with van der Waals surface area (Å²) in [6.45, 7) is 0.550. The SMILES string of the molecule is Nc1ccn([C@@H]2O[C@H](COCc3ccc(Cl)cc3)[C@@H](OCc3ccc(Cl)cc3)[C@H]2CO)c(=O)n1. The number of halogens is 2. The molecule has 0 aliphatic carbocycles. The Hall–Kier alpha value is -2.46. The van der Waals surface area contributed by atoms with Crippen molar-refractivity contribution in [1.82, 2.24) is 9.55 Å². The number of nitrogen functional groups attached to an aromatic ring is 1. The molecule has 3 N–H and O–H groups in total. The van der Waals surface area contributed by atoms with Crippen LogP contribution in [0.25, 0.3) is 0 Å². The van der Waals surface area contributed by atoms with Gasteiger partial charge in [-0.1, -0.05) is 47.5 Å². The van der Waals surface area contributed by atoms with Gasteiger partial charge in [0.25, 0.3) is 0 Å². The zero-order chi connectivity index (χ0) is 24.1. The van der Waals surface area contributed by atoms with E-state index in [2.05, 4.69) is 4.98 Å². The van der Waals surface area contributed by atoms with Crippen molar-refractivity contribution < 1.29 is 19.3 Å². The Balaban J connectivity index is 1.51. The quantitative estimate of drug-likeness (QED) is 0.458. The average Bonchev–Trinajstić information content (AvgIpc) is 3.17. The zero-order valence-corrected chi connectivity index (χ0v) is 19.7. The van der Waals surface area contributed by atoms with E-state index in [1.807, 2.05) is 24.3 Å². The van der Waals surface area contributed by atoms with Gasteiger partial charge >= 0.3 is 5.69 Å². The third-order valence-electron chi connectivity index (χ3n) is 5.63. The topological polar surface area (TPSA) is 109 Å². The van der Waals surface area contributed by atoms with Gasteiger partial charge in [-0.3, -0.25) is 4.57 Å². The standard InChI is InChI=1S/C24H25Cl2N3O5/c25-17-5-1-15(2-6-17)12-32-14-20-22(33-13-16-3-7-18(26)8-4-16)19(11-30)23(34-20)29-10-9-21(27)28-24(29)31/h1-10,19-20,22-23,30H,11-14H2,(H2,27,28,31)/t19-,20-,22+,23-/m1/s1. The van der Waals surface area contributed by atoms with Gasteiger partial charge in [-0.15, -0.1) is 0 Å². The zero-order valence-electron chi connectivity index (χ0n) is 18.2. The second-order valence-electron chi connectivity index (χ2n) is 8.00. The summed E-state index contributed by atoms with van der Waals surface area (Å²) in [7, 11) is 0. The van der Waals surface area contributed by atoms with Gasteiger partial charge in [0, 0.05) is 16.2 Å². The fraction of sp³-hybridized carbons (Fsp3) is 0.333. The monoisotopic (exact) mass is 505 g/mol. The van der Waals surface area contributed by atoms with Crippen molar-refractivity contribution in [2.75, 3.05) is 18.9 Å². The molecule has 0 spiro atoms. The summed E-state index contributed by atoms with van der Waals surface area (Å²) in [5.74, 6) is -0.419. The fourth-order valence-corrected chi connectivity index (χ4v) is 4.14. The van der Waals surface area contributed by atoms with E-state index in [0.29, 0.717) is 16.7 Å². The van der Waals surface area contributed by atoms with Crippen LogP contribution in [0, 0.1) is 5.92 Å². The third kappa shape index (κ3) is 5.96. The Labute approximate surface area is 206 Å². The van der Waals surface area contributed by atoms with Gasteiger partial charge in [0.1, 0.15) is 18.1 Å². The molecule has 1 saturated heterocycles. The van der Waals surface area contributed by atoms with Gasteiger partial charge < -0.3 is 25.1 Å². The van der Waals surface area contributed by atoms with Crippen molar-refractivity contribution >= 4 is 29.0 Å². The van der Waals surface area contributed by atoms with Gasteiger partial charge in [-0.25, -0.2) is 4.79 Å². The highest BCUT2D eigenvalue weighted by atomic mass is 35.5. The molecule has 2 heterocycles. The lowest BCUT2D eigenvalue weighted by molar-refractivity contribution is -0.0832. The number of nitrogens with two attached hydrogens (primary N) is 1. The number of rotatable bonds is 9. The van der Waals surface area contributed by atoms with E-state index in [9.17, 15) is 9.90 Å².